The molecule has 2 rings (SSSR count). The predicted octanol–water partition coefficient (Wildman–Crippen LogP) is 2.04. The minimum atomic E-state index is -1.09. The van der Waals surface area contributed by atoms with Gasteiger partial charge in [0, 0.05) is 25.2 Å². The number of morpholine rings is 1. The third-order valence-corrected chi connectivity index (χ3v) is 3.74. The minimum Gasteiger partial charge on any atom is -0.480 e. The number of hydrogen-bond donors (Lipinski definition) is 2. The molecule has 0 aliphatic carbocycles. The number of ether oxygens (including phenoxy) is 2. The summed E-state index contributed by atoms with van der Waals surface area (Å²) in [6.45, 7) is 8.30. The van der Waals surface area contributed by atoms with Crippen LogP contribution in [0.25, 0.3) is 0 Å². The Hall–Kier alpha value is -2.28. The monoisotopic (exact) mass is 350 g/mol. The second-order valence-corrected chi connectivity index (χ2v) is 7.01. The smallest absolute Gasteiger partial charge is 0.408 e. The van der Waals surface area contributed by atoms with E-state index < -0.39 is 23.7 Å². The Morgan fingerprint density at radius 3 is 2.36 bits per heavy atom. The molecule has 7 heteroatoms. The van der Waals surface area contributed by atoms with Gasteiger partial charge in [0.1, 0.15) is 11.6 Å². The van der Waals surface area contributed by atoms with Crippen molar-refractivity contribution in [2.45, 2.75) is 38.8 Å². The quantitative estimate of drug-likeness (QED) is 0.845. The fraction of sp³-hybridized carbons (Fsp3) is 0.556. The molecule has 1 amide bonds. The van der Waals surface area contributed by atoms with Crippen LogP contribution >= 0.6 is 0 Å². The Morgan fingerprint density at radius 1 is 1.24 bits per heavy atom. The topological polar surface area (TPSA) is 88.1 Å². The minimum absolute atomic E-state index is 0.192. The van der Waals surface area contributed by atoms with E-state index in [1.165, 1.54) is 0 Å². The molecule has 1 saturated heterocycles. The number of nitrogens with zero attached hydrogens (tertiary/aromatic N) is 1. The molecule has 25 heavy (non-hydrogen) atoms. The number of anilines is 1. The molecule has 7 nitrogen and oxygen atoms in total. The van der Waals surface area contributed by atoms with E-state index in [0.29, 0.717) is 13.2 Å². The average Bonchev–Trinajstić information content (AvgIpc) is 2.54. The maximum Gasteiger partial charge on any atom is 0.408 e. The Labute approximate surface area is 147 Å². The summed E-state index contributed by atoms with van der Waals surface area (Å²) in [5.74, 6) is -1.09. The van der Waals surface area contributed by atoms with Crippen LogP contribution in [-0.4, -0.2) is 55.1 Å². The van der Waals surface area contributed by atoms with E-state index in [1.54, 1.807) is 20.8 Å². The van der Waals surface area contributed by atoms with Crippen LogP contribution in [0.1, 0.15) is 26.3 Å². The van der Waals surface area contributed by atoms with Crippen molar-refractivity contribution >= 4 is 17.7 Å². The summed E-state index contributed by atoms with van der Waals surface area (Å²) in [5, 5.41) is 11.8. The molecule has 0 saturated carbocycles. The fourth-order valence-electron chi connectivity index (χ4n) is 2.55. The highest BCUT2D eigenvalue weighted by Crippen LogP contribution is 2.17. The van der Waals surface area contributed by atoms with Crippen molar-refractivity contribution in [2.24, 2.45) is 0 Å². The predicted molar refractivity (Wildman–Crippen MR) is 94.0 cm³/mol. The molecule has 1 aromatic carbocycles. The second-order valence-electron chi connectivity index (χ2n) is 7.01. The Bertz CT molecular complexity index is 588. The molecule has 0 unspecified atom stereocenters. The molecule has 138 valence electrons. The molecule has 1 fully saturated rings. The standard InChI is InChI=1S/C18H26N2O5/c1-18(2,3)25-17(23)19-15(16(21)22)12-13-4-6-14(7-5-13)20-8-10-24-11-9-20/h4-7,15H,8-12H2,1-3H3,(H,19,23)(H,21,22)/t15-/m1/s1. The number of carbonyl (C=O) groups excluding carboxylic acids is 1. The van der Waals surface area contributed by atoms with E-state index in [1.807, 2.05) is 24.3 Å². The number of aliphatic carboxylic acids is 1. The zero-order chi connectivity index (χ0) is 18.4. The van der Waals surface area contributed by atoms with E-state index in [4.69, 9.17) is 9.47 Å². The number of nitrogens with one attached hydrogen (secondary N) is 1. The summed E-state index contributed by atoms with van der Waals surface area (Å²) in [7, 11) is 0. The molecule has 1 aliphatic rings. The van der Waals surface area contributed by atoms with Crippen LogP contribution in [-0.2, 0) is 20.7 Å². The molecular formula is C18H26N2O5. The van der Waals surface area contributed by atoms with Gasteiger partial charge in [-0.1, -0.05) is 12.1 Å². The van der Waals surface area contributed by atoms with E-state index >= 15 is 0 Å². The summed E-state index contributed by atoms with van der Waals surface area (Å²) in [6, 6.07) is 6.67. The summed E-state index contributed by atoms with van der Waals surface area (Å²) in [4.78, 5) is 25.5. The van der Waals surface area contributed by atoms with E-state index in [-0.39, 0.29) is 6.42 Å². The Balaban J connectivity index is 1.97. The maximum absolute atomic E-state index is 11.8. The molecule has 1 atom stereocenters. The van der Waals surface area contributed by atoms with E-state index in [0.717, 1.165) is 24.3 Å². The van der Waals surface area contributed by atoms with Gasteiger partial charge in [-0.15, -0.1) is 0 Å². The number of hydrogen-bond acceptors (Lipinski definition) is 5. The number of carboxylic acid groups (broad SMARTS) is 1. The average molecular weight is 350 g/mol. The fourth-order valence-corrected chi connectivity index (χ4v) is 2.55. The zero-order valence-electron chi connectivity index (χ0n) is 14.9. The lowest BCUT2D eigenvalue weighted by molar-refractivity contribution is -0.139. The summed E-state index contributed by atoms with van der Waals surface area (Å²) in [5.41, 5.74) is 1.24. The van der Waals surface area contributed by atoms with Crippen LogP contribution in [0.5, 0.6) is 0 Å². The number of amides is 1. The van der Waals surface area contributed by atoms with Gasteiger partial charge in [0.2, 0.25) is 0 Å². The van der Waals surface area contributed by atoms with Gasteiger partial charge in [-0.3, -0.25) is 0 Å². The first-order chi connectivity index (χ1) is 11.7. The lowest BCUT2D eigenvalue weighted by atomic mass is 10.1. The number of alkyl carbamates (subject to hydrolysis) is 1. The summed E-state index contributed by atoms with van der Waals surface area (Å²) >= 11 is 0. The molecule has 1 heterocycles. The molecule has 2 N–H and O–H groups in total. The van der Waals surface area contributed by atoms with Gasteiger partial charge in [-0.2, -0.15) is 0 Å². The van der Waals surface area contributed by atoms with Gasteiger partial charge in [-0.05, 0) is 38.5 Å². The zero-order valence-corrected chi connectivity index (χ0v) is 14.9. The normalized spacial score (nSPS) is 16.2. The first-order valence-electron chi connectivity index (χ1n) is 8.38. The lowest BCUT2D eigenvalue weighted by Gasteiger charge is -2.29. The van der Waals surface area contributed by atoms with Crippen LogP contribution in [0.2, 0.25) is 0 Å². The van der Waals surface area contributed by atoms with Crippen molar-refractivity contribution in [2.75, 3.05) is 31.2 Å². The molecule has 0 aromatic heterocycles. The Kier molecular flexibility index (Phi) is 6.25. The van der Waals surface area contributed by atoms with Crippen molar-refractivity contribution in [1.82, 2.24) is 5.32 Å². The highest BCUT2D eigenvalue weighted by atomic mass is 16.6. The highest BCUT2D eigenvalue weighted by molar-refractivity contribution is 5.80. The molecule has 1 aliphatic heterocycles. The van der Waals surface area contributed by atoms with Gasteiger partial charge < -0.3 is 24.8 Å². The SMILES string of the molecule is CC(C)(C)OC(=O)N[C@H](Cc1ccc(N2CCOCC2)cc1)C(=O)O. The third kappa shape index (κ3) is 6.26. The maximum atomic E-state index is 11.8. The van der Waals surface area contributed by atoms with E-state index in [9.17, 15) is 14.7 Å². The van der Waals surface area contributed by atoms with Gasteiger partial charge >= 0.3 is 12.1 Å². The van der Waals surface area contributed by atoms with Crippen molar-refractivity contribution in [3.8, 4) is 0 Å². The molecule has 0 spiro atoms. The molecule has 0 bridgehead atoms. The third-order valence-electron chi connectivity index (χ3n) is 3.74. The number of benzene rings is 1. The molecule has 1 aromatic rings. The first-order valence-corrected chi connectivity index (χ1v) is 8.38. The molecule has 0 radical (unpaired) electrons. The summed E-state index contributed by atoms with van der Waals surface area (Å²) < 4.78 is 10.5. The van der Waals surface area contributed by atoms with Crippen molar-refractivity contribution in [3.05, 3.63) is 29.8 Å². The van der Waals surface area contributed by atoms with Crippen molar-refractivity contribution in [3.63, 3.8) is 0 Å². The van der Waals surface area contributed by atoms with Crippen LogP contribution in [0, 0.1) is 0 Å². The summed E-state index contributed by atoms with van der Waals surface area (Å²) in [6.07, 6.45) is -0.539. The first kappa shape index (κ1) is 19.1. The van der Waals surface area contributed by atoms with Gasteiger partial charge in [-0.25, -0.2) is 9.59 Å². The highest BCUT2D eigenvalue weighted by Gasteiger charge is 2.24. The van der Waals surface area contributed by atoms with Gasteiger partial charge in [0.05, 0.1) is 13.2 Å². The number of carbonyl (C=O) groups is 2. The van der Waals surface area contributed by atoms with Crippen LogP contribution in [0.3, 0.4) is 0 Å². The van der Waals surface area contributed by atoms with Gasteiger partial charge in [0.25, 0.3) is 0 Å². The van der Waals surface area contributed by atoms with Crippen molar-refractivity contribution < 1.29 is 24.2 Å². The second kappa shape index (κ2) is 8.20. The Morgan fingerprint density at radius 2 is 1.84 bits per heavy atom. The lowest BCUT2D eigenvalue weighted by Crippen LogP contribution is -2.44. The van der Waals surface area contributed by atoms with Gasteiger partial charge in [0.15, 0.2) is 0 Å². The molecular weight excluding hydrogens is 324 g/mol. The van der Waals surface area contributed by atoms with Crippen LogP contribution < -0.4 is 10.2 Å². The van der Waals surface area contributed by atoms with Crippen LogP contribution in [0.4, 0.5) is 10.5 Å². The number of carboxylic acids is 1. The van der Waals surface area contributed by atoms with E-state index in [2.05, 4.69) is 10.2 Å². The largest absolute Gasteiger partial charge is 0.480 e. The van der Waals surface area contributed by atoms with Crippen molar-refractivity contribution in [1.29, 1.82) is 0 Å². The number of rotatable bonds is 5. The van der Waals surface area contributed by atoms with Crippen LogP contribution in [0.15, 0.2) is 24.3 Å².